The van der Waals surface area contributed by atoms with Crippen LogP contribution in [-0.2, 0) is 4.74 Å². The van der Waals surface area contributed by atoms with Gasteiger partial charge in [-0.15, -0.1) is 0 Å². The van der Waals surface area contributed by atoms with Gasteiger partial charge in [0.15, 0.2) is 5.11 Å². The monoisotopic (exact) mass is 350 g/mol. The third-order valence-corrected chi connectivity index (χ3v) is 4.18. The van der Waals surface area contributed by atoms with E-state index in [0.29, 0.717) is 42.3 Å². The number of hydrogen-bond acceptors (Lipinski definition) is 4. The highest BCUT2D eigenvalue weighted by Gasteiger charge is 2.15. The molecule has 0 unspecified atom stereocenters. The molecule has 1 aliphatic rings. The smallest absolute Gasteiger partial charge is 0.257 e. The molecule has 1 aromatic carbocycles. The Morgan fingerprint density at radius 2 is 2.04 bits per heavy atom. The summed E-state index contributed by atoms with van der Waals surface area (Å²) in [7, 11) is 0. The van der Waals surface area contributed by atoms with E-state index in [1.807, 2.05) is 13.0 Å². The van der Waals surface area contributed by atoms with Gasteiger partial charge in [-0.3, -0.25) is 10.1 Å². The minimum atomic E-state index is -0.224. The lowest BCUT2D eigenvalue weighted by molar-refractivity contribution is 0.0975. The first-order valence-electron chi connectivity index (χ1n) is 8.61. The van der Waals surface area contributed by atoms with Gasteiger partial charge >= 0.3 is 0 Å². The number of ether oxygens (including phenoxy) is 2. The minimum Gasteiger partial charge on any atom is -0.491 e. The molecule has 132 valence electrons. The number of carbonyl (C=O) groups is 1. The van der Waals surface area contributed by atoms with Gasteiger partial charge in [0, 0.05) is 18.2 Å². The number of thiocarbonyl (C=S) groups is 1. The molecule has 2 N–H and O–H groups in total. The second-order valence-corrected chi connectivity index (χ2v) is 6.24. The lowest BCUT2D eigenvalue weighted by Crippen LogP contribution is -2.45. The highest BCUT2D eigenvalue weighted by molar-refractivity contribution is 7.80. The van der Waals surface area contributed by atoms with Crippen LogP contribution in [0, 0.1) is 0 Å². The van der Waals surface area contributed by atoms with Gasteiger partial charge in [-0.2, -0.15) is 0 Å². The first-order chi connectivity index (χ1) is 11.7. The number of nitrogens with one attached hydrogen (secondary N) is 2. The molecule has 0 spiro atoms. The second kappa shape index (κ2) is 10.3. The zero-order valence-electron chi connectivity index (χ0n) is 14.2. The van der Waals surface area contributed by atoms with E-state index in [9.17, 15) is 4.79 Å². The standard InChI is InChI=1S/C18H26N2O3S/c1-2-22-11-12-23-16-10-6-7-14(13-16)17(21)20-18(24)19-15-8-4-3-5-9-15/h6-7,10,13,15H,2-5,8-9,11-12H2,1H3,(H2,19,20,21,24). The normalized spacial score (nSPS) is 14.9. The van der Waals surface area contributed by atoms with Crippen LogP contribution in [0.1, 0.15) is 49.4 Å². The van der Waals surface area contributed by atoms with Crippen LogP contribution < -0.4 is 15.4 Å². The van der Waals surface area contributed by atoms with Crippen molar-refractivity contribution in [2.45, 2.75) is 45.1 Å². The fourth-order valence-corrected chi connectivity index (χ4v) is 2.99. The van der Waals surface area contributed by atoms with Gasteiger partial charge in [0.05, 0.1) is 6.61 Å². The van der Waals surface area contributed by atoms with E-state index in [4.69, 9.17) is 21.7 Å². The van der Waals surface area contributed by atoms with Crippen molar-refractivity contribution in [3.63, 3.8) is 0 Å². The summed E-state index contributed by atoms with van der Waals surface area (Å²) in [5, 5.41) is 6.38. The third-order valence-electron chi connectivity index (χ3n) is 3.96. The van der Waals surface area contributed by atoms with E-state index in [1.165, 1.54) is 19.3 Å². The fourth-order valence-electron chi connectivity index (χ4n) is 2.73. The van der Waals surface area contributed by atoms with Crippen LogP contribution in [0.15, 0.2) is 24.3 Å². The average molecular weight is 350 g/mol. The second-order valence-electron chi connectivity index (χ2n) is 5.84. The maximum atomic E-state index is 12.3. The van der Waals surface area contributed by atoms with E-state index in [2.05, 4.69) is 10.6 Å². The van der Waals surface area contributed by atoms with Crippen LogP contribution in [0.2, 0.25) is 0 Å². The zero-order valence-corrected chi connectivity index (χ0v) is 15.0. The van der Waals surface area contributed by atoms with Crippen molar-refractivity contribution >= 4 is 23.2 Å². The summed E-state index contributed by atoms with van der Waals surface area (Å²) in [6, 6.07) is 7.45. The van der Waals surface area contributed by atoms with Crippen molar-refractivity contribution in [1.29, 1.82) is 0 Å². The van der Waals surface area contributed by atoms with Crippen molar-refractivity contribution < 1.29 is 14.3 Å². The molecule has 0 radical (unpaired) electrons. The van der Waals surface area contributed by atoms with Crippen LogP contribution in [0.4, 0.5) is 0 Å². The Kier molecular flexibility index (Phi) is 7.98. The van der Waals surface area contributed by atoms with E-state index < -0.39 is 0 Å². The first-order valence-corrected chi connectivity index (χ1v) is 9.02. The zero-order chi connectivity index (χ0) is 17.2. The molecule has 1 fully saturated rings. The van der Waals surface area contributed by atoms with Crippen LogP contribution in [0.3, 0.4) is 0 Å². The number of hydrogen-bond donors (Lipinski definition) is 2. The van der Waals surface area contributed by atoms with E-state index in [-0.39, 0.29) is 5.91 Å². The van der Waals surface area contributed by atoms with Gasteiger partial charge in [-0.05, 0) is 50.2 Å². The molecular weight excluding hydrogens is 324 g/mol. The topological polar surface area (TPSA) is 59.6 Å². The number of amides is 1. The van der Waals surface area contributed by atoms with Gasteiger partial charge in [0.25, 0.3) is 5.91 Å². The van der Waals surface area contributed by atoms with Crippen LogP contribution in [-0.4, -0.2) is 36.9 Å². The number of rotatable bonds is 7. The number of benzene rings is 1. The summed E-state index contributed by atoms with van der Waals surface area (Å²) in [5.74, 6) is 0.423. The van der Waals surface area contributed by atoms with Crippen molar-refractivity contribution in [1.82, 2.24) is 10.6 Å². The molecule has 2 rings (SSSR count). The molecule has 1 amide bonds. The summed E-state index contributed by atoms with van der Waals surface area (Å²) in [6.45, 7) is 3.59. The maximum Gasteiger partial charge on any atom is 0.257 e. The predicted molar refractivity (Wildman–Crippen MR) is 98.5 cm³/mol. The van der Waals surface area contributed by atoms with Crippen LogP contribution >= 0.6 is 12.2 Å². The minimum absolute atomic E-state index is 0.224. The van der Waals surface area contributed by atoms with Gasteiger partial charge in [0.2, 0.25) is 0 Å². The maximum absolute atomic E-state index is 12.3. The van der Waals surface area contributed by atoms with Crippen molar-refractivity contribution in [2.75, 3.05) is 19.8 Å². The Bertz CT molecular complexity index is 545. The highest BCUT2D eigenvalue weighted by atomic mass is 32.1. The third kappa shape index (κ3) is 6.45. The molecule has 6 heteroatoms. The van der Waals surface area contributed by atoms with Gasteiger partial charge < -0.3 is 14.8 Å². The Labute approximate surface area is 149 Å². The SMILES string of the molecule is CCOCCOc1cccc(C(=O)NC(=S)NC2CCCCC2)c1. The molecule has 0 saturated heterocycles. The summed E-state index contributed by atoms with van der Waals surface area (Å²) >= 11 is 5.25. The molecule has 0 aliphatic heterocycles. The van der Waals surface area contributed by atoms with Crippen LogP contribution in [0.25, 0.3) is 0 Å². The molecule has 1 aromatic rings. The molecule has 0 atom stereocenters. The molecular formula is C18H26N2O3S. The lowest BCUT2D eigenvalue weighted by Gasteiger charge is -2.24. The van der Waals surface area contributed by atoms with E-state index in [0.717, 1.165) is 12.8 Å². The molecule has 0 heterocycles. The van der Waals surface area contributed by atoms with E-state index >= 15 is 0 Å². The Morgan fingerprint density at radius 1 is 1.25 bits per heavy atom. The molecule has 24 heavy (non-hydrogen) atoms. The quantitative estimate of drug-likeness (QED) is 0.585. The van der Waals surface area contributed by atoms with Gasteiger partial charge in [0.1, 0.15) is 12.4 Å². The Hall–Kier alpha value is -1.66. The predicted octanol–water partition coefficient (Wildman–Crippen LogP) is 3.04. The van der Waals surface area contributed by atoms with Gasteiger partial charge in [-0.25, -0.2) is 0 Å². The summed E-state index contributed by atoms with van der Waals surface area (Å²) in [4.78, 5) is 12.3. The van der Waals surface area contributed by atoms with Crippen molar-refractivity contribution in [2.24, 2.45) is 0 Å². The van der Waals surface area contributed by atoms with E-state index in [1.54, 1.807) is 18.2 Å². The van der Waals surface area contributed by atoms with Crippen molar-refractivity contribution in [3.05, 3.63) is 29.8 Å². The molecule has 0 aromatic heterocycles. The van der Waals surface area contributed by atoms with Gasteiger partial charge in [-0.1, -0.05) is 25.3 Å². The lowest BCUT2D eigenvalue weighted by atomic mass is 9.96. The average Bonchev–Trinajstić information content (AvgIpc) is 2.60. The Morgan fingerprint density at radius 3 is 2.79 bits per heavy atom. The highest BCUT2D eigenvalue weighted by Crippen LogP contribution is 2.17. The van der Waals surface area contributed by atoms with Crippen LogP contribution in [0.5, 0.6) is 5.75 Å². The number of carbonyl (C=O) groups excluding carboxylic acids is 1. The first kappa shape index (κ1) is 18.7. The van der Waals surface area contributed by atoms with Crippen molar-refractivity contribution in [3.8, 4) is 5.75 Å². The molecule has 5 nitrogen and oxygen atoms in total. The molecule has 1 saturated carbocycles. The fraction of sp³-hybridized carbons (Fsp3) is 0.556. The summed E-state index contributed by atoms with van der Waals surface area (Å²) < 4.78 is 10.8. The summed E-state index contributed by atoms with van der Waals surface area (Å²) in [5.41, 5.74) is 0.525. The molecule has 1 aliphatic carbocycles. The Balaban J connectivity index is 1.81. The summed E-state index contributed by atoms with van der Waals surface area (Å²) in [6.07, 6.45) is 5.94. The largest absolute Gasteiger partial charge is 0.491 e. The molecule has 0 bridgehead atoms.